The van der Waals surface area contributed by atoms with Gasteiger partial charge in [0.2, 0.25) is 0 Å². The van der Waals surface area contributed by atoms with Gasteiger partial charge >= 0.3 is 0 Å². The van der Waals surface area contributed by atoms with E-state index >= 15 is 0 Å². The van der Waals surface area contributed by atoms with E-state index < -0.39 is 0 Å². The molecule has 2 heterocycles. The van der Waals surface area contributed by atoms with Gasteiger partial charge in [-0.25, -0.2) is 0 Å². The highest BCUT2D eigenvalue weighted by Crippen LogP contribution is 2.16. The SMILES string of the molecule is COCCNCCCN1CCC(N2CCOCC2)C1. The molecule has 1 N–H and O–H groups in total. The summed E-state index contributed by atoms with van der Waals surface area (Å²) in [6, 6.07) is 0.769. The lowest BCUT2D eigenvalue weighted by Crippen LogP contribution is -2.44. The van der Waals surface area contributed by atoms with Crippen molar-refractivity contribution in [2.45, 2.75) is 18.9 Å². The van der Waals surface area contributed by atoms with Crippen molar-refractivity contribution in [1.29, 1.82) is 0 Å². The Morgan fingerprint density at radius 2 is 2.05 bits per heavy atom. The van der Waals surface area contributed by atoms with Crippen LogP contribution in [0, 0.1) is 0 Å². The normalized spacial score (nSPS) is 26.1. The molecule has 2 aliphatic rings. The van der Waals surface area contributed by atoms with E-state index in [0.717, 1.165) is 52.0 Å². The van der Waals surface area contributed by atoms with Gasteiger partial charge in [-0.3, -0.25) is 4.90 Å². The first kappa shape index (κ1) is 15.2. The molecule has 0 aromatic heterocycles. The maximum absolute atomic E-state index is 5.42. The van der Waals surface area contributed by atoms with E-state index in [1.54, 1.807) is 7.11 Å². The molecular formula is C14H29N3O2. The van der Waals surface area contributed by atoms with Crippen LogP contribution in [0.2, 0.25) is 0 Å². The molecule has 5 heteroatoms. The van der Waals surface area contributed by atoms with E-state index in [2.05, 4.69) is 15.1 Å². The summed E-state index contributed by atoms with van der Waals surface area (Å²) in [4.78, 5) is 5.22. The smallest absolute Gasteiger partial charge is 0.0594 e. The Morgan fingerprint density at radius 3 is 2.84 bits per heavy atom. The highest BCUT2D eigenvalue weighted by Gasteiger charge is 2.28. The molecule has 0 spiro atoms. The third-order valence-corrected chi connectivity index (χ3v) is 4.12. The Hall–Kier alpha value is -0.200. The Bertz CT molecular complexity index is 235. The van der Waals surface area contributed by atoms with Gasteiger partial charge in [-0.2, -0.15) is 0 Å². The Balaban J connectivity index is 1.52. The van der Waals surface area contributed by atoms with Crippen LogP contribution in [0.15, 0.2) is 0 Å². The number of nitrogens with one attached hydrogen (secondary N) is 1. The van der Waals surface area contributed by atoms with Crippen molar-refractivity contribution in [1.82, 2.24) is 15.1 Å². The second-order valence-corrected chi connectivity index (χ2v) is 5.49. The molecule has 0 radical (unpaired) electrons. The summed E-state index contributed by atoms with van der Waals surface area (Å²) in [6.07, 6.45) is 2.57. The second-order valence-electron chi connectivity index (χ2n) is 5.49. The third-order valence-electron chi connectivity index (χ3n) is 4.12. The number of ether oxygens (including phenoxy) is 2. The van der Waals surface area contributed by atoms with Gasteiger partial charge in [-0.15, -0.1) is 0 Å². The van der Waals surface area contributed by atoms with Crippen LogP contribution in [0.3, 0.4) is 0 Å². The third kappa shape index (κ3) is 5.36. The van der Waals surface area contributed by atoms with Crippen molar-refractivity contribution in [3.63, 3.8) is 0 Å². The summed E-state index contributed by atoms with van der Waals surface area (Å²) in [5.41, 5.74) is 0. The van der Waals surface area contributed by atoms with Crippen molar-refractivity contribution in [3.8, 4) is 0 Å². The standard InChI is InChI=1S/C14H29N3O2/c1-18-10-5-15-4-2-6-16-7-3-14(13-16)17-8-11-19-12-9-17/h14-15H,2-13H2,1H3. The number of hydrogen-bond acceptors (Lipinski definition) is 5. The molecule has 0 amide bonds. The zero-order valence-corrected chi connectivity index (χ0v) is 12.3. The molecule has 2 saturated heterocycles. The van der Waals surface area contributed by atoms with E-state index in [1.807, 2.05) is 0 Å². The molecule has 0 saturated carbocycles. The fourth-order valence-electron chi connectivity index (χ4n) is 2.98. The molecule has 2 fully saturated rings. The summed E-state index contributed by atoms with van der Waals surface area (Å²) in [6.45, 7) is 10.7. The van der Waals surface area contributed by atoms with Crippen molar-refractivity contribution < 1.29 is 9.47 Å². The van der Waals surface area contributed by atoms with Gasteiger partial charge in [-0.1, -0.05) is 0 Å². The van der Waals surface area contributed by atoms with Crippen LogP contribution in [0.4, 0.5) is 0 Å². The summed E-state index contributed by atoms with van der Waals surface area (Å²) in [7, 11) is 1.75. The average molecular weight is 271 g/mol. The highest BCUT2D eigenvalue weighted by atomic mass is 16.5. The summed E-state index contributed by atoms with van der Waals surface area (Å²) in [5, 5.41) is 3.41. The van der Waals surface area contributed by atoms with E-state index in [4.69, 9.17) is 9.47 Å². The molecule has 19 heavy (non-hydrogen) atoms. The van der Waals surface area contributed by atoms with Gasteiger partial charge in [-0.05, 0) is 32.5 Å². The largest absolute Gasteiger partial charge is 0.383 e. The van der Waals surface area contributed by atoms with Crippen molar-refractivity contribution >= 4 is 0 Å². The van der Waals surface area contributed by atoms with Crippen molar-refractivity contribution in [3.05, 3.63) is 0 Å². The molecule has 5 nitrogen and oxygen atoms in total. The first-order chi connectivity index (χ1) is 9.40. The minimum atomic E-state index is 0.769. The second kappa shape index (κ2) is 8.87. The summed E-state index contributed by atoms with van der Waals surface area (Å²) >= 11 is 0. The van der Waals surface area contributed by atoms with Gasteiger partial charge in [0.05, 0.1) is 19.8 Å². The summed E-state index contributed by atoms with van der Waals surface area (Å²) in [5.74, 6) is 0. The molecule has 0 aliphatic carbocycles. The lowest BCUT2D eigenvalue weighted by atomic mass is 10.2. The molecule has 2 aliphatic heterocycles. The average Bonchev–Trinajstić information content (AvgIpc) is 2.92. The predicted octanol–water partition coefficient (Wildman–Crippen LogP) is 0.0190. The van der Waals surface area contributed by atoms with Crippen LogP contribution in [-0.4, -0.2) is 88.6 Å². The topological polar surface area (TPSA) is 37.0 Å². The van der Waals surface area contributed by atoms with E-state index in [9.17, 15) is 0 Å². The Morgan fingerprint density at radius 1 is 1.21 bits per heavy atom. The monoisotopic (exact) mass is 271 g/mol. The number of morpholine rings is 1. The lowest BCUT2D eigenvalue weighted by molar-refractivity contribution is 0.0185. The van der Waals surface area contributed by atoms with Gasteiger partial charge in [0, 0.05) is 39.3 Å². The Kier molecular flexibility index (Phi) is 7.09. The predicted molar refractivity (Wildman–Crippen MR) is 76.6 cm³/mol. The maximum Gasteiger partial charge on any atom is 0.0594 e. The number of likely N-dealkylation sites (tertiary alicyclic amines) is 1. The van der Waals surface area contributed by atoms with Crippen LogP contribution in [0.5, 0.6) is 0 Å². The molecular weight excluding hydrogens is 242 g/mol. The van der Waals surface area contributed by atoms with Crippen LogP contribution < -0.4 is 5.32 Å². The first-order valence-corrected chi connectivity index (χ1v) is 7.64. The maximum atomic E-state index is 5.42. The quantitative estimate of drug-likeness (QED) is 0.630. The number of rotatable bonds is 8. The van der Waals surface area contributed by atoms with Gasteiger partial charge in [0.25, 0.3) is 0 Å². The minimum Gasteiger partial charge on any atom is -0.383 e. The minimum absolute atomic E-state index is 0.769. The van der Waals surface area contributed by atoms with Crippen LogP contribution in [0.25, 0.3) is 0 Å². The van der Waals surface area contributed by atoms with Crippen molar-refractivity contribution in [2.24, 2.45) is 0 Å². The molecule has 1 atom stereocenters. The zero-order chi connectivity index (χ0) is 13.3. The highest BCUT2D eigenvalue weighted by molar-refractivity contribution is 4.84. The summed E-state index contributed by atoms with van der Waals surface area (Å²) < 4.78 is 10.4. The molecule has 0 aromatic carbocycles. The van der Waals surface area contributed by atoms with Crippen LogP contribution in [-0.2, 0) is 9.47 Å². The van der Waals surface area contributed by atoms with Crippen LogP contribution in [0.1, 0.15) is 12.8 Å². The zero-order valence-electron chi connectivity index (χ0n) is 12.3. The van der Waals surface area contributed by atoms with Crippen LogP contribution >= 0.6 is 0 Å². The van der Waals surface area contributed by atoms with Gasteiger partial charge in [0.1, 0.15) is 0 Å². The first-order valence-electron chi connectivity index (χ1n) is 7.64. The fourth-order valence-corrected chi connectivity index (χ4v) is 2.98. The van der Waals surface area contributed by atoms with Gasteiger partial charge < -0.3 is 19.7 Å². The molecule has 0 bridgehead atoms. The van der Waals surface area contributed by atoms with Gasteiger partial charge in [0.15, 0.2) is 0 Å². The lowest BCUT2D eigenvalue weighted by Gasteiger charge is -2.32. The van der Waals surface area contributed by atoms with E-state index in [0.29, 0.717) is 0 Å². The molecule has 2 rings (SSSR count). The molecule has 1 unspecified atom stereocenters. The number of hydrogen-bond donors (Lipinski definition) is 1. The molecule has 0 aromatic rings. The van der Waals surface area contributed by atoms with E-state index in [1.165, 1.54) is 32.5 Å². The van der Waals surface area contributed by atoms with Crippen molar-refractivity contribution in [2.75, 3.05) is 72.7 Å². The molecule has 112 valence electrons. The number of methoxy groups -OCH3 is 1. The number of nitrogens with zero attached hydrogens (tertiary/aromatic N) is 2. The Labute approximate surface area is 117 Å². The fraction of sp³-hybridized carbons (Fsp3) is 1.00. The van der Waals surface area contributed by atoms with E-state index in [-0.39, 0.29) is 0 Å².